The minimum atomic E-state index is -3.73. The van der Waals surface area contributed by atoms with Crippen molar-refractivity contribution in [3.63, 3.8) is 0 Å². The number of nitrogens with one attached hydrogen (secondary N) is 2. The summed E-state index contributed by atoms with van der Waals surface area (Å²) in [6.45, 7) is 3.55. The zero-order chi connectivity index (χ0) is 22.4. The standard InChI is InChI=1S/C23H24N2O5S/c1-16-7-9-19(10-8-16)25-31(27,28)22-13-11-18(12-14-22)24-23(26)17(2)30-21-6-4-5-20(15-21)29-3/h4-15,17,25H,1-3H3,(H,24,26). The topological polar surface area (TPSA) is 93.7 Å². The highest BCUT2D eigenvalue weighted by Crippen LogP contribution is 2.21. The van der Waals surface area contributed by atoms with Gasteiger partial charge >= 0.3 is 0 Å². The summed E-state index contributed by atoms with van der Waals surface area (Å²) in [7, 11) is -2.18. The van der Waals surface area contributed by atoms with Crippen LogP contribution < -0.4 is 19.5 Å². The van der Waals surface area contributed by atoms with Crippen molar-refractivity contribution in [3.05, 3.63) is 78.4 Å². The lowest BCUT2D eigenvalue weighted by Crippen LogP contribution is -2.30. The van der Waals surface area contributed by atoms with Gasteiger partial charge in [-0.1, -0.05) is 23.8 Å². The molecule has 3 aromatic carbocycles. The van der Waals surface area contributed by atoms with Gasteiger partial charge in [0.1, 0.15) is 11.5 Å². The van der Waals surface area contributed by atoms with Gasteiger partial charge in [0.15, 0.2) is 6.10 Å². The summed E-state index contributed by atoms with van der Waals surface area (Å²) >= 11 is 0. The molecule has 3 aromatic rings. The van der Waals surface area contributed by atoms with Gasteiger partial charge in [0, 0.05) is 17.4 Å². The maximum Gasteiger partial charge on any atom is 0.265 e. The van der Waals surface area contributed by atoms with Crippen LogP contribution >= 0.6 is 0 Å². The first kappa shape index (κ1) is 22.2. The number of carbonyl (C=O) groups is 1. The second-order valence-corrected chi connectivity index (χ2v) is 8.61. The van der Waals surface area contributed by atoms with Crippen LogP contribution in [0.1, 0.15) is 12.5 Å². The number of anilines is 2. The maximum atomic E-state index is 12.6. The molecule has 2 N–H and O–H groups in total. The molecular formula is C23H24N2O5S. The molecular weight excluding hydrogens is 416 g/mol. The van der Waals surface area contributed by atoms with Crippen LogP contribution in [0.3, 0.4) is 0 Å². The number of hydrogen-bond acceptors (Lipinski definition) is 5. The average molecular weight is 441 g/mol. The van der Waals surface area contributed by atoms with Gasteiger partial charge in [-0.15, -0.1) is 0 Å². The lowest BCUT2D eigenvalue weighted by atomic mass is 10.2. The van der Waals surface area contributed by atoms with E-state index in [2.05, 4.69) is 10.0 Å². The number of sulfonamides is 1. The van der Waals surface area contributed by atoms with E-state index in [1.165, 1.54) is 24.3 Å². The highest BCUT2D eigenvalue weighted by Gasteiger charge is 2.17. The minimum absolute atomic E-state index is 0.0896. The van der Waals surface area contributed by atoms with Gasteiger partial charge in [0.2, 0.25) is 0 Å². The monoisotopic (exact) mass is 440 g/mol. The molecule has 162 valence electrons. The third-order valence-corrected chi connectivity index (χ3v) is 5.86. The molecule has 0 saturated heterocycles. The molecule has 3 rings (SSSR count). The number of rotatable bonds is 8. The van der Waals surface area contributed by atoms with E-state index in [0.29, 0.717) is 22.9 Å². The molecule has 0 radical (unpaired) electrons. The van der Waals surface area contributed by atoms with Crippen molar-refractivity contribution in [2.45, 2.75) is 24.8 Å². The Labute approximate surface area is 182 Å². The summed E-state index contributed by atoms with van der Waals surface area (Å²) < 4.78 is 38.4. The smallest absolute Gasteiger partial charge is 0.265 e. The Morgan fingerprint density at radius 3 is 2.16 bits per heavy atom. The minimum Gasteiger partial charge on any atom is -0.497 e. The molecule has 0 spiro atoms. The van der Waals surface area contributed by atoms with Crippen LogP contribution in [0.2, 0.25) is 0 Å². The number of aryl methyl sites for hydroxylation is 1. The molecule has 0 aliphatic rings. The normalized spacial score (nSPS) is 12.0. The van der Waals surface area contributed by atoms with Crippen LogP contribution in [0, 0.1) is 6.92 Å². The first-order valence-corrected chi connectivity index (χ1v) is 11.1. The van der Waals surface area contributed by atoms with E-state index in [1.54, 1.807) is 50.4 Å². The molecule has 0 heterocycles. The highest BCUT2D eigenvalue weighted by molar-refractivity contribution is 7.92. The van der Waals surface area contributed by atoms with Gasteiger partial charge < -0.3 is 14.8 Å². The number of methoxy groups -OCH3 is 1. The molecule has 8 heteroatoms. The molecule has 0 fully saturated rings. The molecule has 31 heavy (non-hydrogen) atoms. The van der Waals surface area contributed by atoms with Crippen LogP contribution in [-0.2, 0) is 14.8 Å². The van der Waals surface area contributed by atoms with Gasteiger partial charge in [-0.2, -0.15) is 0 Å². The fraction of sp³-hybridized carbons (Fsp3) is 0.174. The average Bonchev–Trinajstić information content (AvgIpc) is 2.75. The second kappa shape index (κ2) is 9.53. The van der Waals surface area contributed by atoms with Gasteiger partial charge in [0.25, 0.3) is 15.9 Å². The second-order valence-electron chi connectivity index (χ2n) is 6.92. The number of amides is 1. The van der Waals surface area contributed by atoms with E-state index in [9.17, 15) is 13.2 Å². The SMILES string of the molecule is COc1cccc(OC(C)C(=O)Nc2ccc(S(=O)(=O)Nc3ccc(C)cc3)cc2)c1. The van der Waals surface area contributed by atoms with Crippen molar-refractivity contribution < 1.29 is 22.7 Å². The summed E-state index contributed by atoms with van der Waals surface area (Å²) in [4.78, 5) is 12.5. The van der Waals surface area contributed by atoms with Crippen LogP contribution in [0.4, 0.5) is 11.4 Å². The van der Waals surface area contributed by atoms with E-state index >= 15 is 0 Å². The van der Waals surface area contributed by atoms with Crippen LogP contribution in [0.5, 0.6) is 11.5 Å². The Bertz CT molecular complexity index is 1140. The van der Waals surface area contributed by atoms with Crippen molar-refractivity contribution in [3.8, 4) is 11.5 Å². The molecule has 0 aliphatic carbocycles. The number of carbonyl (C=O) groups excluding carboxylic acids is 1. The van der Waals surface area contributed by atoms with Crippen LogP contribution in [0.15, 0.2) is 77.7 Å². The van der Waals surface area contributed by atoms with Crippen LogP contribution in [-0.4, -0.2) is 27.5 Å². The number of ether oxygens (including phenoxy) is 2. The van der Waals surface area contributed by atoms with Gasteiger partial charge in [-0.25, -0.2) is 8.42 Å². The van der Waals surface area contributed by atoms with Crippen LogP contribution in [0.25, 0.3) is 0 Å². The fourth-order valence-electron chi connectivity index (χ4n) is 2.73. The maximum absolute atomic E-state index is 12.6. The molecule has 0 saturated carbocycles. The first-order chi connectivity index (χ1) is 14.8. The third-order valence-electron chi connectivity index (χ3n) is 4.46. The largest absolute Gasteiger partial charge is 0.497 e. The summed E-state index contributed by atoms with van der Waals surface area (Å²) in [5.74, 6) is 0.767. The Balaban J connectivity index is 1.62. The van der Waals surface area contributed by atoms with E-state index < -0.39 is 16.1 Å². The van der Waals surface area contributed by atoms with E-state index in [1.807, 2.05) is 19.1 Å². The zero-order valence-corrected chi connectivity index (χ0v) is 18.3. The lowest BCUT2D eigenvalue weighted by Gasteiger charge is -2.15. The van der Waals surface area contributed by atoms with E-state index in [4.69, 9.17) is 9.47 Å². The quantitative estimate of drug-likeness (QED) is 0.547. The zero-order valence-electron chi connectivity index (χ0n) is 17.5. The predicted molar refractivity (Wildman–Crippen MR) is 120 cm³/mol. The Morgan fingerprint density at radius 1 is 0.903 bits per heavy atom. The summed E-state index contributed by atoms with van der Waals surface area (Å²) in [5.41, 5.74) is 1.97. The number of hydrogen-bond donors (Lipinski definition) is 2. The van der Waals surface area contributed by atoms with Gasteiger partial charge in [0.05, 0.1) is 12.0 Å². The molecule has 1 unspecified atom stereocenters. The van der Waals surface area contributed by atoms with Gasteiger partial charge in [-0.3, -0.25) is 9.52 Å². The predicted octanol–water partition coefficient (Wildman–Crippen LogP) is 4.21. The van der Waals surface area contributed by atoms with Crippen molar-refractivity contribution in [2.75, 3.05) is 17.1 Å². The van der Waals surface area contributed by atoms with Crippen molar-refractivity contribution >= 4 is 27.3 Å². The molecule has 1 atom stereocenters. The first-order valence-electron chi connectivity index (χ1n) is 9.58. The van der Waals surface area contributed by atoms with Gasteiger partial charge in [-0.05, 0) is 62.4 Å². The molecule has 1 amide bonds. The Morgan fingerprint density at radius 2 is 1.52 bits per heavy atom. The van der Waals surface area contributed by atoms with E-state index in [0.717, 1.165) is 5.56 Å². The van der Waals surface area contributed by atoms with Crippen molar-refractivity contribution in [1.82, 2.24) is 0 Å². The lowest BCUT2D eigenvalue weighted by molar-refractivity contribution is -0.122. The molecule has 0 aliphatic heterocycles. The fourth-order valence-corrected chi connectivity index (χ4v) is 3.79. The summed E-state index contributed by atoms with van der Waals surface area (Å²) in [5, 5.41) is 2.71. The Hall–Kier alpha value is -3.52. The van der Waals surface area contributed by atoms with Crippen molar-refractivity contribution in [1.29, 1.82) is 0 Å². The summed E-state index contributed by atoms with van der Waals surface area (Å²) in [6, 6.07) is 19.9. The number of benzene rings is 3. The third kappa shape index (κ3) is 5.99. The van der Waals surface area contributed by atoms with E-state index in [-0.39, 0.29) is 10.8 Å². The Kier molecular flexibility index (Phi) is 6.81. The molecule has 7 nitrogen and oxygen atoms in total. The summed E-state index contributed by atoms with van der Waals surface area (Å²) in [6.07, 6.45) is -0.765. The van der Waals surface area contributed by atoms with Crippen molar-refractivity contribution in [2.24, 2.45) is 0 Å². The molecule has 0 bridgehead atoms. The highest BCUT2D eigenvalue weighted by atomic mass is 32.2. The molecule has 0 aromatic heterocycles.